The van der Waals surface area contributed by atoms with Crippen LogP contribution in [0.5, 0.6) is 0 Å². The Labute approximate surface area is 80.8 Å². The van der Waals surface area contributed by atoms with Gasteiger partial charge in [0, 0.05) is 6.07 Å². The third-order valence-corrected chi connectivity index (χ3v) is 1.72. The molecule has 0 bridgehead atoms. The smallest absolute Gasteiger partial charge is 0.337 e. The van der Waals surface area contributed by atoms with Gasteiger partial charge in [0.05, 0.1) is 11.3 Å². The van der Waals surface area contributed by atoms with E-state index in [2.05, 4.69) is 10.2 Å². The Kier molecular flexibility index (Phi) is 3.01. The number of nitrogens with one attached hydrogen (secondary N) is 1. The van der Waals surface area contributed by atoms with Crippen LogP contribution >= 0.6 is 0 Å². The topological polar surface area (TPSA) is 83.0 Å². The highest BCUT2D eigenvalue weighted by Crippen LogP contribution is 2.08. The maximum absolute atomic E-state index is 10.9. The molecule has 0 amide bonds. The average Bonchev–Trinajstić information content (AvgIpc) is 2.07. The molecule has 1 rings (SSSR count). The summed E-state index contributed by atoms with van der Waals surface area (Å²) in [6.07, 6.45) is 0.540. The molecule has 0 unspecified atom stereocenters. The Balaban J connectivity index is 3.15. The number of aromatic nitrogens is 2. The Morgan fingerprint density at radius 3 is 2.79 bits per heavy atom. The number of carbonyl (C=O) groups is 1. The number of carboxylic acids is 1. The van der Waals surface area contributed by atoms with Gasteiger partial charge in [-0.25, -0.2) is 9.89 Å². The van der Waals surface area contributed by atoms with E-state index < -0.39 is 11.5 Å². The monoisotopic (exact) mass is 196 g/mol. The molecule has 0 fully saturated rings. The zero-order valence-corrected chi connectivity index (χ0v) is 8.07. The first-order chi connectivity index (χ1) is 6.50. The Morgan fingerprint density at radius 2 is 2.29 bits per heavy atom. The molecule has 0 aromatic carbocycles. The lowest BCUT2D eigenvalue weighted by Crippen LogP contribution is -2.16. The van der Waals surface area contributed by atoms with Crippen LogP contribution in [-0.2, 0) is 6.42 Å². The summed E-state index contributed by atoms with van der Waals surface area (Å²) in [6.45, 7) is 3.91. The summed E-state index contributed by atoms with van der Waals surface area (Å²) >= 11 is 0. The first-order valence-electron chi connectivity index (χ1n) is 4.32. The Hall–Kier alpha value is -1.65. The van der Waals surface area contributed by atoms with Crippen LogP contribution in [-0.4, -0.2) is 21.3 Å². The lowest BCUT2D eigenvalue weighted by atomic mass is 10.0. The summed E-state index contributed by atoms with van der Waals surface area (Å²) in [5.41, 5.74) is -0.0792. The fourth-order valence-electron chi connectivity index (χ4n) is 1.16. The van der Waals surface area contributed by atoms with Crippen LogP contribution in [0.1, 0.15) is 29.9 Å². The van der Waals surface area contributed by atoms with Crippen molar-refractivity contribution >= 4 is 5.97 Å². The zero-order chi connectivity index (χ0) is 10.7. The molecule has 1 aromatic heterocycles. The first kappa shape index (κ1) is 10.4. The molecule has 5 heteroatoms. The summed E-state index contributed by atoms with van der Waals surface area (Å²) in [5.74, 6) is -0.814. The van der Waals surface area contributed by atoms with Gasteiger partial charge in [-0.3, -0.25) is 4.79 Å². The number of hydrogen-bond donors (Lipinski definition) is 2. The van der Waals surface area contributed by atoms with Crippen LogP contribution in [0, 0.1) is 5.92 Å². The number of aromatic amines is 1. The van der Waals surface area contributed by atoms with Gasteiger partial charge in [0.2, 0.25) is 0 Å². The van der Waals surface area contributed by atoms with Gasteiger partial charge in [-0.15, -0.1) is 0 Å². The highest BCUT2D eigenvalue weighted by atomic mass is 16.4. The van der Waals surface area contributed by atoms with Gasteiger partial charge < -0.3 is 5.11 Å². The Bertz CT molecular complexity index is 395. The van der Waals surface area contributed by atoms with Crippen molar-refractivity contribution in [2.24, 2.45) is 5.92 Å². The van der Waals surface area contributed by atoms with Crippen LogP contribution in [0.2, 0.25) is 0 Å². The summed E-state index contributed by atoms with van der Waals surface area (Å²) in [4.78, 5) is 21.6. The van der Waals surface area contributed by atoms with E-state index in [1.165, 1.54) is 0 Å². The van der Waals surface area contributed by atoms with Crippen molar-refractivity contribution in [3.63, 3.8) is 0 Å². The van der Waals surface area contributed by atoms with Gasteiger partial charge in [-0.1, -0.05) is 13.8 Å². The molecule has 1 aromatic rings. The highest BCUT2D eigenvalue weighted by molar-refractivity contribution is 5.88. The Morgan fingerprint density at radius 1 is 1.64 bits per heavy atom. The van der Waals surface area contributed by atoms with Crippen LogP contribution in [0.3, 0.4) is 0 Å². The molecule has 0 aliphatic carbocycles. The van der Waals surface area contributed by atoms with Gasteiger partial charge in [0.1, 0.15) is 0 Å². The van der Waals surface area contributed by atoms with Crippen molar-refractivity contribution in [2.75, 3.05) is 0 Å². The fraction of sp³-hybridized carbons (Fsp3) is 0.444. The second-order valence-corrected chi connectivity index (χ2v) is 3.50. The van der Waals surface area contributed by atoms with Gasteiger partial charge in [0.25, 0.3) is 5.56 Å². The summed E-state index contributed by atoms with van der Waals surface area (Å²) < 4.78 is 0. The number of H-pyrrole nitrogens is 1. The van der Waals surface area contributed by atoms with E-state index in [0.29, 0.717) is 18.0 Å². The predicted octanol–water partition coefficient (Wildman–Crippen LogP) is 0.667. The number of rotatable bonds is 3. The van der Waals surface area contributed by atoms with E-state index in [1.54, 1.807) is 0 Å². The summed E-state index contributed by atoms with van der Waals surface area (Å²) in [6, 6.07) is 1.06. The molecule has 2 N–H and O–H groups in total. The van der Waals surface area contributed by atoms with Crippen molar-refractivity contribution < 1.29 is 9.90 Å². The van der Waals surface area contributed by atoms with E-state index in [-0.39, 0.29) is 5.56 Å². The van der Waals surface area contributed by atoms with Crippen molar-refractivity contribution in [3.05, 3.63) is 27.7 Å². The molecule has 0 saturated heterocycles. The first-order valence-corrected chi connectivity index (χ1v) is 4.32. The third kappa shape index (κ3) is 2.42. The molecular weight excluding hydrogens is 184 g/mol. The SMILES string of the molecule is CC(C)Cc1n[nH]c(=O)cc1C(=O)O. The molecular formula is C9H12N2O3. The van der Waals surface area contributed by atoms with Gasteiger partial charge in [0.15, 0.2) is 0 Å². The molecule has 14 heavy (non-hydrogen) atoms. The van der Waals surface area contributed by atoms with Gasteiger partial charge in [-0.05, 0) is 12.3 Å². The van der Waals surface area contributed by atoms with E-state index in [0.717, 1.165) is 6.07 Å². The van der Waals surface area contributed by atoms with Crippen molar-refractivity contribution in [2.45, 2.75) is 20.3 Å². The van der Waals surface area contributed by atoms with Crippen molar-refractivity contribution in [1.82, 2.24) is 10.2 Å². The number of nitrogens with zero attached hydrogens (tertiary/aromatic N) is 1. The van der Waals surface area contributed by atoms with Crippen LogP contribution < -0.4 is 5.56 Å². The summed E-state index contributed by atoms with van der Waals surface area (Å²) in [5, 5.41) is 14.8. The van der Waals surface area contributed by atoms with Gasteiger partial charge >= 0.3 is 5.97 Å². The maximum atomic E-state index is 10.9. The van der Waals surface area contributed by atoms with E-state index >= 15 is 0 Å². The number of hydrogen-bond acceptors (Lipinski definition) is 3. The highest BCUT2D eigenvalue weighted by Gasteiger charge is 2.13. The normalized spacial score (nSPS) is 10.5. The van der Waals surface area contributed by atoms with Crippen LogP contribution in [0.4, 0.5) is 0 Å². The van der Waals surface area contributed by atoms with E-state index in [4.69, 9.17) is 5.11 Å². The fourth-order valence-corrected chi connectivity index (χ4v) is 1.16. The quantitative estimate of drug-likeness (QED) is 0.744. The second kappa shape index (κ2) is 4.04. The largest absolute Gasteiger partial charge is 0.478 e. The minimum atomic E-state index is -1.11. The minimum Gasteiger partial charge on any atom is -0.478 e. The third-order valence-electron chi connectivity index (χ3n) is 1.72. The lowest BCUT2D eigenvalue weighted by molar-refractivity contribution is 0.0694. The zero-order valence-electron chi connectivity index (χ0n) is 8.07. The average molecular weight is 196 g/mol. The van der Waals surface area contributed by atoms with E-state index in [1.807, 2.05) is 13.8 Å². The lowest BCUT2D eigenvalue weighted by Gasteiger charge is -2.05. The summed E-state index contributed by atoms with van der Waals surface area (Å²) in [7, 11) is 0. The minimum absolute atomic E-state index is 0.0116. The number of carboxylic acid groups (broad SMARTS) is 1. The molecule has 0 atom stereocenters. The molecule has 0 aliphatic heterocycles. The maximum Gasteiger partial charge on any atom is 0.337 e. The van der Waals surface area contributed by atoms with Gasteiger partial charge in [-0.2, -0.15) is 5.10 Å². The molecule has 1 heterocycles. The molecule has 5 nitrogen and oxygen atoms in total. The molecule has 0 radical (unpaired) electrons. The number of aromatic carboxylic acids is 1. The van der Waals surface area contributed by atoms with Crippen molar-refractivity contribution in [1.29, 1.82) is 0 Å². The molecule has 0 aliphatic rings. The predicted molar refractivity (Wildman–Crippen MR) is 50.4 cm³/mol. The standard InChI is InChI=1S/C9H12N2O3/c1-5(2)3-7-6(9(13)14)4-8(12)11-10-7/h4-5H,3H2,1-2H3,(H,11,12)(H,13,14). The van der Waals surface area contributed by atoms with Crippen molar-refractivity contribution in [3.8, 4) is 0 Å². The second-order valence-electron chi connectivity index (χ2n) is 3.50. The molecule has 76 valence electrons. The van der Waals surface area contributed by atoms with Crippen LogP contribution in [0.25, 0.3) is 0 Å². The van der Waals surface area contributed by atoms with E-state index in [9.17, 15) is 9.59 Å². The van der Waals surface area contributed by atoms with Crippen LogP contribution in [0.15, 0.2) is 10.9 Å². The molecule has 0 spiro atoms. The molecule has 0 saturated carbocycles.